The van der Waals surface area contributed by atoms with Gasteiger partial charge in [-0.05, 0) is 77.5 Å². The third-order valence-corrected chi connectivity index (χ3v) is 6.45. The first-order valence-electron chi connectivity index (χ1n) is 11.7. The summed E-state index contributed by atoms with van der Waals surface area (Å²) in [5.74, 6) is 1.74. The summed E-state index contributed by atoms with van der Waals surface area (Å²) in [5.41, 5.74) is 0.420. The minimum Gasteiger partial charge on any atom is -0.444 e. The van der Waals surface area contributed by atoms with Crippen LogP contribution in [0, 0.1) is 5.92 Å². The monoisotopic (exact) mass is 428 g/mol. The molecule has 1 saturated heterocycles. The van der Waals surface area contributed by atoms with Crippen molar-refractivity contribution in [3.8, 4) is 0 Å². The molecule has 1 N–H and O–H groups in total. The summed E-state index contributed by atoms with van der Waals surface area (Å²) in [4.78, 5) is 16.9. The molecule has 7 nitrogen and oxygen atoms in total. The number of aromatic nitrogens is 1. The highest BCUT2D eigenvalue weighted by atomic mass is 16.6. The predicted octanol–water partition coefficient (Wildman–Crippen LogP) is 4.42. The van der Waals surface area contributed by atoms with Gasteiger partial charge in [-0.2, -0.15) is 0 Å². The Labute approximate surface area is 185 Å². The number of hydrogen-bond acceptors (Lipinski definition) is 6. The minimum atomic E-state index is -0.438. The Bertz CT molecular complexity index is 859. The fourth-order valence-corrected chi connectivity index (χ4v) is 4.72. The van der Waals surface area contributed by atoms with Gasteiger partial charge in [-0.15, -0.1) is 0 Å². The molecule has 0 atom stereocenters. The van der Waals surface area contributed by atoms with E-state index in [1.54, 1.807) is 0 Å². The van der Waals surface area contributed by atoms with Gasteiger partial charge < -0.3 is 19.5 Å². The molecule has 4 rings (SSSR count). The van der Waals surface area contributed by atoms with Crippen LogP contribution in [0.5, 0.6) is 0 Å². The molecule has 2 fully saturated rings. The summed E-state index contributed by atoms with van der Waals surface area (Å²) in [6, 6.07) is 8.33. The lowest BCUT2D eigenvalue weighted by atomic mass is 9.84. The molecule has 1 amide bonds. The molecule has 0 bridgehead atoms. The summed E-state index contributed by atoms with van der Waals surface area (Å²) >= 11 is 0. The summed E-state index contributed by atoms with van der Waals surface area (Å²) in [7, 11) is 0. The summed E-state index contributed by atoms with van der Waals surface area (Å²) in [6.45, 7) is 11.0. The Balaban J connectivity index is 1.15. The molecule has 1 aliphatic heterocycles. The van der Waals surface area contributed by atoms with Crippen molar-refractivity contribution in [2.45, 2.75) is 64.5 Å². The number of nitrogens with zero attached hydrogens (tertiary/aromatic N) is 3. The molecule has 0 unspecified atom stereocenters. The highest BCUT2D eigenvalue weighted by molar-refractivity contribution is 5.88. The zero-order valence-electron chi connectivity index (χ0n) is 19.1. The lowest BCUT2D eigenvalue weighted by Gasteiger charge is -2.36. The zero-order chi connectivity index (χ0) is 21.8. The van der Waals surface area contributed by atoms with Gasteiger partial charge in [0, 0.05) is 32.2 Å². The normalized spacial score (nSPS) is 23.1. The summed E-state index contributed by atoms with van der Waals surface area (Å²) < 4.78 is 10.9. The second kappa shape index (κ2) is 9.47. The number of alkyl carbamates (subject to hydrolysis) is 1. The van der Waals surface area contributed by atoms with Crippen molar-refractivity contribution >= 4 is 22.9 Å². The number of ether oxygens (including phenoxy) is 1. The maximum absolute atomic E-state index is 12.0. The maximum atomic E-state index is 12.0. The predicted molar refractivity (Wildman–Crippen MR) is 122 cm³/mol. The van der Waals surface area contributed by atoms with Crippen LogP contribution >= 0.6 is 0 Å². The Hall–Kier alpha value is -2.28. The number of nitrogens with one attached hydrogen (secondary N) is 1. The Morgan fingerprint density at radius 2 is 1.84 bits per heavy atom. The Morgan fingerprint density at radius 3 is 2.55 bits per heavy atom. The first kappa shape index (κ1) is 21.9. The van der Waals surface area contributed by atoms with Crippen molar-refractivity contribution in [1.29, 1.82) is 0 Å². The number of benzene rings is 1. The second-order valence-electron chi connectivity index (χ2n) is 9.98. The molecular formula is C24H36N4O3. The van der Waals surface area contributed by atoms with Crippen LogP contribution in [0.1, 0.15) is 52.9 Å². The average Bonchev–Trinajstić information content (AvgIpc) is 3.16. The first-order valence-corrected chi connectivity index (χ1v) is 11.7. The van der Waals surface area contributed by atoms with E-state index in [2.05, 4.69) is 26.3 Å². The van der Waals surface area contributed by atoms with E-state index in [-0.39, 0.29) is 12.1 Å². The Morgan fingerprint density at radius 1 is 1.13 bits per heavy atom. The van der Waals surface area contributed by atoms with Crippen molar-refractivity contribution < 1.29 is 14.1 Å². The van der Waals surface area contributed by atoms with Gasteiger partial charge in [-0.3, -0.25) is 4.90 Å². The smallest absolute Gasteiger partial charge is 0.407 e. The van der Waals surface area contributed by atoms with E-state index in [1.807, 2.05) is 39.0 Å². The fourth-order valence-electron chi connectivity index (χ4n) is 4.72. The summed E-state index contributed by atoms with van der Waals surface area (Å²) in [6.07, 6.45) is 5.44. The van der Waals surface area contributed by atoms with Gasteiger partial charge in [0.15, 0.2) is 11.4 Å². The molecule has 2 aromatic rings. The van der Waals surface area contributed by atoms with Crippen LogP contribution in [0.2, 0.25) is 0 Å². The van der Waals surface area contributed by atoms with Crippen LogP contribution in [0.25, 0.3) is 11.0 Å². The number of rotatable bonds is 5. The van der Waals surface area contributed by atoms with Crippen LogP contribution in [0.3, 0.4) is 0 Å². The van der Waals surface area contributed by atoms with Crippen LogP contribution in [0.15, 0.2) is 28.8 Å². The van der Waals surface area contributed by atoms with Gasteiger partial charge in [-0.1, -0.05) is 17.3 Å². The number of anilines is 1. The number of amides is 1. The van der Waals surface area contributed by atoms with Crippen molar-refractivity contribution in [2.75, 3.05) is 37.6 Å². The number of carbonyl (C=O) groups is 1. The quantitative estimate of drug-likeness (QED) is 0.760. The molecule has 1 saturated carbocycles. The van der Waals surface area contributed by atoms with Crippen molar-refractivity contribution in [3.05, 3.63) is 24.3 Å². The number of para-hydroxylation sites is 1. The molecule has 2 heterocycles. The van der Waals surface area contributed by atoms with E-state index < -0.39 is 5.60 Å². The van der Waals surface area contributed by atoms with E-state index in [4.69, 9.17) is 9.26 Å². The van der Waals surface area contributed by atoms with Crippen LogP contribution < -0.4 is 10.2 Å². The molecule has 1 aromatic carbocycles. The van der Waals surface area contributed by atoms with Gasteiger partial charge in [0.2, 0.25) is 0 Å². The molecule has 2 aliphatic rings. The van der Waals surface area contributed by atoms with Crippen molar-refractivity contribution in [2.24, 2.45) is 5.92 Å². The van der Waals surface area contributed by atoms with Gasteiger partial charge in [0.25, 0.3) is 0 Å². The SMILES string of the molecule is CC(C)(C)OC(=O)NC1CCC(CCN2CCN(c3noc4ccccc34)CC2)CC1. The molecule has 0 radical (unpaired) electrons. The lowest BCUT2D eigenvalue weighted by molar-refractivity contribution is 0.0486. The number of piperazine rings is 1. The summed E-state index contributed by atoms with van der Waals surface area (Å²) in [5, 5.41) is 8.45. The molecule has 1 aromatic heterocycles. The second-order valence-corrected chi connectivity index (χ2v) is 9.98. The first-order chi connectivity index (χ1) is 14.9. The van der Waals surface area contributed by atoms with Crippen molar-refractivity contribution in [1.82, 2.24) is 15.4 Å². The largest absolute Gasteiger partial charge is 0.444 e. The maximum Gasteiger partial charge on any atom is 0.407 e. The van der Waals surface area contributed by atoms with Gasteiger partial charge in [0.1, 0.15) is 5.60 Å². The number of hydrogen-bond donors (Lipinski definition) is 1. The molecule has 170 valence electrons. The molecule has 1 aliphatic carbocycles. The van der Waals surface area contributed by atoms with Crippen LogP contribution in [0.4, 0.5) is 10.6 Å². The Kier molecular flexibility index (Phi) is 6.70. The highest BCUT2D eigenvalue weighted by Crippen LogP contribution is 2.29. The fraction of sp³-hybridized carbons (Fsp3) is 0.667. The van der Waals surface area contributed by atoms with Crippen molar-refractivity contribution in [3.63, 3.8) is 0 Å². The third kappa shape index (κ3) is 5.91. The van der Waals surface area contributed by atoms with Crippen LogP contribution in [-0.4, -0.2) is 60.5 Å². The van der Waals surface area contributed by atoms with Gasteiger partial charge in [-0.25, -0.2) is 4.79 Å². The molecule has 0 spiro atoms. The molecule has 7 heteroatoms. The van der Waals surface area contributed by atoms with E-state index in [1.165, 1.54) is 19.3 Å². The van der Waals surface area contributed by atoms with Crippen LogP contribution in [-0.2, 0) is 4.74 Å². The average molecular weight is 429 g/mol. The minimum absolute atomic E-state index is 0.256. The van der Waals surface area contributed by atoms with Gasteiger partial charge in [0.05, 0.1) is 5.39 Å². The number of fused-ring (bicyclic) bond motifs is 1. The van der Waals surface area contributed by atoms with E-state index in [0.717, 1.165) is 68.3 Å². The van der Waals surface area contributed by atoms with E-state index in [0.29, 0.717) is 0 Å². The third-order valence-electron chi connectivity index (χ3n) is 6.45. The highest BCUT2D eigenvalue weighted by Gasteiger charge is 2.26. The molecular weight excluding hydrogens is 392 g/mol. The van der Waals surface area contributed by atoms with E-state index in [9.17, 15) is 4.79 Å². The topological polar surface area (TPSA) is 70.8 Å². The lowest BCUT2D eigenvalue weighted by Crippen LogP contribution is -2.47. The van der Waals surface area contributed by atoms with E-state index >= 15 is 0 Å². The number of carbonyl (C=O) groups excluding carboxylic acids is 1. The standard InChI is InChI=1S/C24H36N4O3/c1-24(2,3)30-23(29)25-19-10-8-18(9-11-19)12-13-27-14-16-28(17-15-27)22-20-6-4-5-7-21(20)31-26-22/h4-7,18-19H,8-17H2,1-3H3,(H,25,29). The molecule has 31 heavy (non-hydrogen) atoms. The zero-order valence-corrected chi connectivity index (χ0v) is 19.1. The van der Waals surface area contributed by atoms with Gasteiger partial charge >= 0.3 is 6.09 Å².